The monoisotopic (exact) mass is 526 g/mol. The Balaban J connectivity index is 1.74. The molecule has 1 aromatic heterocycles. The van der Waals surface area contributed by atoms with Gasteiger partial charge in [-0.2, -0.15) is 5.10 Å². The van der Waals surface area contributed by atoms with Crippen LogP contribution in [0.5, 0.6) is 11.5 Å². The van der Waals surface area contributed by atoms with Crippen LogP contribution in [0.2, 0.25) is 5.02 Å². The van der Waals surface area contributed by atoms with E-state index in [1.807, 2.05) is 36.4 Å². The third kappa shape index (κ3) is 5.32. The Morgan fingerprint density at radius 3 is 2.25 bits per heavy atom. The summed E-state index contributed by atoms with van der Waals surface area (Å²) < 4.78 is 13.5. The number of nitrogens with zero attached hydrogens (tertiary/aromatic N) is 5. The molecule has 3 aromatic rings. The highest BCUT2D eigenvalue weighted by molar-refractivity contribution is 7.80. The van der Waals surface area contributed by atoms with Gasteiger partial charge in [-0.3, -0.25) is 4.99 Å². The maximum atomic E-state index is 6.45. The van der Waals surface area contributed by atoms with E-state index in [0.29, 0.717) is 15.9 Å². The van der Waals surface area contributed by atoms with Gasteiger partial charge in [0.05, 0.1) is 12.6 Å². The first-order valence-corrected chi connectivity index (χ1v) is 12.4. The van der Waals surface area contributed by atoms with Crippen LogP contribution in [0, 0.1) is 5.41 Å². The van der Waals surface area contributed by atoms with Gasteiger partial charge in [-0.05, 0) is 80.0 Å². The molecule has 36 heavy (non-hydrogen) atoms. The number of thiocarbonyl (C=S) groups is 1. The lowest BCUT2D eigenvalue weighted by atomic mass is 9.85. The Hall–Kier alpha value is -3.17. The molecule has 0 aliphatic carbocycles. The van der Waals surface area contributed by atoms with E-state index < -0.39 is 11.8 Å². The first-order valence-electron chi connectivity index (χ1n) is 11.6. The Kier molecular flexibility index (Phi) is 7.24. The molecule has 0 radical (unpaired) electrons. The Labute approximate surface area is 222 Å². The van der Waals surface area contributed by atoms with Crippen molar-refractivity contribution in [2.24, 2.45) is 10.4 Å². The molecule has 4 rings (SSSR count). The van der Waals surface area contributed by atoms with Gasteiger partial charge >= 0.3 is 0 Å². The summed E-state index contributed by atoms with van der Waals surface area (Å²) in [5, 5.41) is 8.95. The first kappa shape index (κ1) is 25.9. The fourth-order valence-corrected chi connectivity index (χ4v) is 4.68. The molecule has 190 valence electrons. The minimum absolute atomic E-state index is 0.303. The molecule has 0 unspecified atom stereocenters. The third-order valence-corrected chi connectivity index (χ3v) is 6.63. The zero-order valence-corrected chi connectivity index (χ0v) is 22.8. The predicted octanol–water partition coefficient (Wildman–Crippen LogP) is 5.50. The number of hydrogen-bond donors (Lipinski definition) is 1. The van der Waals surface area contributed by atoms with Crippen LogP contribution >= 0.6 is 23.8 Å². The maximum Gasteiger partial charge on any atom is 0.215 e. The van der Waals surface area contributed by atoms with Gasteiger partial charge in [-0.15, -0.1) is 0 Å². The molecule has 0 spiro atoms. The van der Waals surface area contributed by atoms with Gasteiger partial charge in [0.25, 0.3) is 0 Å². The summed E-state index contributed by atoms with van der Waals surface area (Å²) in [7, 11) is 1.65. The van der Waals surface area contributed by atoms with Crippen LogP contribution in [-0.2, 0) is 0 Å². The van der Waals surface area contributed by atoms with E-state index in [2.05, 4.69) is 54.9 Å². The zero-order valence-electron chi connectivity index (χ0n) is 21.3. The van der Waals surface area contributed by atoms with Gasteiger partial charge in [-0.25, -0.2) is 9.67 Å². The summed E-state index contributed by atoms with van der Waals surface area (Å²) in [4.78, 5) is 11.5. The normalized spacial score (nSPS) is 18.1. The fourth-order valence-electron chi connectivity index (χ4n) is 4.12. The van der Waals surface area contributed by atoms with Crippen molar-refractivity contribution in [1.82, 2.24) is 20.1 Å². The largest absolute Gasteiger partial charge is 0.497 e. The summed E-state index contributed by atoms with van der Waals surface area (Å²) >= 11 is 11.8. The third-order valence-electron chi connectivity index (χ3n) is 6.09. The zero-order chi connectivity index (χ0) is 26.1. The highest BCUT2D eigenvalue weighted by Gasteiger charge is 2.45. The topological polar surface area (TPSA) is 76.8 Å². The van der Waals surface area contributed by atoms with Crippen molar-refractivity contribution < 1.29 is 9.47 Å². The number of benzene rings is 2. The Bertz CT molecular complexity index is 1220. The van der Waals surface area contributed by atoms with Gasteiger partial charge < -0.3 is 19.7 Å². The van der Waals surface area contributed by atoms with E-state index in [0.717, 1.165) is 17.3 Å². The summed E-state index contributed by atoms with van der Waals surface area (Å²) in [6, 6.07) is 14.7. The van der Waals surface area contributed by atoms with Crippen LogP contribution in [-0.4, -0.2) is 44.4 Å². The summed E-state index contributed by atoms with van der Waals surface area (Å²) in [5.41, 5.74) is 0.103. The molecule has 2 heterocycles. The number of methoxy groups -OCH3 is 1. The van der Waals surface area contributed by atoms with E-state index in [-0.39, 0.29) is 11.5 Å². The predicted molar refractivity (Wildman–Crippen MR) is 147 cm³/mol. The van der Waals surface area contributed by atoms with Crippen molar-refractivity contribution in [3.05, 3.63) is 66.2 Å². The molecule has 0 bridgehead atoms. The molecule has 0 amide bonds. The van der Waals surface area contributed by atoms with Crippen molar-refractivity contribution >= 4 is 40.5 Å². The van der Waals surface area contributed by atoms with E-state index in [1.54, 1.807) is 30.3 Å². The van der Waals surface area contributed by atoms with E-state index in [1.165, 1.54) is 6.33 Å². The van der Waals surface area contributed by atoms with Gasteiger partial charge in [0, 0.05) is 10.7 Å². The van der Waals surface area contributed by atoms with Gasteiger partial charge in [0.2, 0.25) is 6.23 Å². The lowest BCUT2D eigenvalue weighted by molar-refractivity contribution is 0.0470. The van der Waals surface area contributed by atoms with Crippen molar-refractivity contribution in [3.8, 4) is 11.5 Å². The second kappa shape index (κ2) is 10.1. The fraction of sp³-hybridized carbons (Fsp3) is 0.385. The number of ether oxygens (including phenoxy) is 2. The van der Waals surface area contributed by atoms with E-state index in [4.69, 9.17) is 38.3 Å². The second-order valence-electron chi connectivity index (χ2n) is 10.1. The molecular weight excluding hydrogens is 496 g/mol. The minimum atomic E-state index is -0.567. The van der Waals surface area contributed by atoms with Crippen LogP contribution in [0.25, 0.3) is 0 Å². The molecule has 1 saturated heterocycles. The Morgan fingerprint density at radius 1 is 1.06 bits per heavy atom. The lowest BCUT2D eigenvalue weighted by Crippen LogP contribution is -2.46. The number of anilines is 1. The number of hydrogen-bond acceptors (Lipinski definition) is 6. The molecule has 0 saturated carbocycles. The summed E-state index contributed by atoms with van der Waals surface area (Å²) in [5.74, 6) is 2.18. The Morgan fingerprint density at radius 2 is 1.69 bits per heavy atom. The molecule has 2 aromatic carbocycles. The van der Waals surface area contributed by atoms with Crippen LogP contribution < -0.4 is 19.7 Å². The van der Waals surface area contributed by atoms with Gasteiger partial charge in [-0.1, -0.05) is 32.4 Å². The molecular formula is C26H31ClN6O2S. The molecule has 8 nitrogen and oxygen atoms in total. The smallest absolute Gasteiger partial charge is 0.215 e. The quantitative estimate of drug-likeness (QED) is 0.407. The standard InChI is InChI=1S/C26H31ClN6O2S/c1-25(2,3)21(22(32-16-28-15-29-32)35-20-11-7-17(27)8-12-20)30-23-26(4,5)33(24(36)31-23)18-9-13-19(34-6)14-10-18/h7-16,21-22H,1-6H3,(H,30,31,36)/t21-,22-/m0/s1. The molecule has 1 aliphatic rings. The highest BCUT2D eigenvalue weighted by atomic mass is 35.5. The van der Waals surface area contributed by atoms with Crippen LogP contribution in [0.4, 0.5) is 5.69 Å². The number of halogens is 1. The number of rotatable bonds is 7. The number of aromatic nitrogens is 3. The average Bonchev–Trinajstić information content (AvgIpc) is 3.43. The number of nitrogens with one attached hydrogen (secondary N) is 1. The van der Waals surface area contributed by atoms with Crippen LogP contribution in [0.15, 0.2) is 66.2 Å². The highest BCUT2D eigenvalue weighted by Crippen LogP contribution is 2.36. The first-order chi connectivity index (χ1) is 17.0. The average molecular weight is 527 g/mol. The van der Waals surface area contributed by atoms with Crippen molar-refractivity contribution in [1.29, 1.82) is 0 Å². The van der Waals surface area contributed by atoms with E-state index >= 15 is 0 Å². The minimum Gasteiger partial charge on any atom is -0.497 e. The van der Waals surface area contributed by atoms with Gasteiger partial charge in [0.15, 0.2) is 5.11 Å². The number of aliphatic imine (C=N–C) groups is 1. The molecule has 10 heteroatoms. The second-order valence-corrected chi connectivity index (χ2v) is 11.0. The molecule has 2 atom stereocenters. The molecule has 1 fully saturated rings. The van der Waals surface area contributed by atoms with Gasteiger partial charge in [0.1, 0.15) is 36.0 Å². The number of amidine groups is 1. The summed E-state index contributed by atoms with van der Waals surface area (Å²) in [6.45, 7) is 10.5. The molecule has 1 aliphatic heterocycles. The maximum absolute atomic E-state index is 6.45. The van der Waals surface area contributed by atoms with Crippen molar-refractivity contribution in [2.75, 3.05) is 12.0 Å². The van der Waals surface area contributed by atoms with Crippen molar-refractivity contribution in [3.63, 3.8) is 0 Å². The van der Waals surface area contributed by atoms with Crippen LogP contribution in [0.3, 0.4) is 0 Å². The summed E-state index contributed by atoms with van der Waals surface area (Å²) in [6.07, 6.45) is 2.56. The van der Waals surface area contributed by atoms with Crippen LogP contribution in [0.1, 0.15) is 40.8 Å². The molecule has 1 N–H and O–H groups in total. The van der Waals surface area contributed by atoms with Crippen molar-refractivity contribution in [2.45, 2.75) is 52.4 Å². The SMILES string of the molecule is COc1ccc(N2C(=S)NC(=N[C@@H]([C@H](Oc3ccc(Cl)cc3)n3cncn3)C(C)(C)C)C2(C)C)cc1. The van der Waals surface area contributed by atoms with E-state index in [9.17, 15) is 0 Å². The lowest BCUT2D eigenvalue weighted by Gasteiger charge is -2.36.